The number of nitrogens with one attached hydrogen (secondary N) is 1. The first-order valence-electron chi connectivity index (χ1n) is 13.5. The second kappa shape index (κ2) is 12.7. The zero-order chi connectivity index (χ0) is 25.5. The van der Waals surface area contributed by atoms with E-state index in [0.717, 1.165) is 43.6 Å². The van der Waals surface area contributed by atoms with E-state index in [1.54, 1.807) is 0 Å². The largest absolute Gasteiger partial charge is 0.352 e. The summed E-state index contributed by atoms with van der Waals surface area (Å²) in [4.78, 5) is 22.1. The third-order valence-electron chi connectivity index (χ3n) is 7.46. The zero-order valence-electron chi connectivity index (χ0n) is 21.4. The molecule has 0 spiro atoms. The van der Waals surface area contributed by atoms with E-state index in [9.17, 15) is 4.79 Å². The fourth-order valence-corrected chi connectivity index (χ4v) is 5.45. The summed E-state index contributed by atoms with van der Waals surface area (Å²) < 4.78 is 5.45. The minimum absolute atomic E-state index is 0.0447. The van der Waals surface area contributed by atoms with Crippen LogP contribution in [-0.4, -0.2) is 52.0 Å². The molecule has 2 fully saturated rings. The lowest BCUT2D eigenvalue weighted by molar-refractivity contribution is -0.126. The van der Waals surface area contributed by atoms with Crippen molar-refractivity contribution >= 4 is 17.5 Å². The highest BCUT2D eigenvalue weighted by atomic mass is 35.5. The summed E-state index contributed by atoms with van der Waals surface area (Å²) in [6.45, 7) is 6.27. The first kappa shape index (κ1) is 25.9. The molecule has 8 heteroatoms. The number of piperidine rings is 1. The van der Waals surface area contributed by atoms with Crippen LogP contribution < -0.4 is 5.32 Å². The van der Waals surface area contributed by atoms with Crippen molar-refractivity contribution < 1.29 is 9.32 Å². The van der Waals surface area contributed by atoms with Gasteiger partial charge in [-0.25, -0.2) is 0 Å². The Morgan fingerprint density at radius 1 is 0.919 bits per heavy atom. The Morgan fingerprint density at radius 3 is 2.35 bits per heavy atom. The summed E-state index contributed by atoms with van der Waals surface area (Å²) in [6.07, 6.45) is 7.00. The van der Waals surface area contributed by atoms with Crippen LogP contribution in [0.25, 0.3) is 11.4 Å². The predicted octanol–water partition coefficient (Wildman–Crippen LogP) is 5.29. The maximum Gasteiger partial charge on any atom is 0.241 e. The lowest BCUT2D eigenvalue weighted by Crippen LogP contribution is -2.40. The summed E-state index contributed by atoms with van der Waals surface area (Å²) in [5, 5.41) is 7.88. The number of nitrogens with zero attached hydrogens (tertiary/aromatic N) is 4. The molecular formula is C29H36ClN5O2. The van der Waals surface area contributed by atoms with Gasteiger partial charge < -0.3 is 9.84 Å². The first-order valence-corrected chi connectivity index (χ1v) is 13.9. The Balaban J connectivity index is 1.03. The molecule has 1 aromatic heterocycles. The Kier molecular flexibility index (Phi) is 8.87. The molecule has 3 heterocycles. The molecule has 2 saturated heterocycles. The molecule has 2 aliphatic heterocycles. The molecule has 1 amide bonds. The number of aromatic nitrogens is 2. The van der Waals surface area contributed by atoms with E-state index < -0.39 is 0 Å². The predicted molar refractivity (Wildman–Crippen MR) is 145 cm³/mol. The molecule has 1 N–H and O–H groups in total. The van der Waals surface area contributed by atoms with Crippen molar-refractivity contribution in [1.29, 1.82) is 0 Å². The second-order valence-electron chi connectivity index (χ2n) is 10.3. The Labute approximate surface area is 224 Å². The maximum atomic E-state index is 12.8. The van der Waals surface area contributed by atoms with Crippen LogP contribution in [0.4, 0.5) is 0 Å². The third-order valence-corrected chi connectivity index (χ3v) is 7.70. The van der Waals surface area contributed by atoms with Gasteiger partial charge in [0.05, 0.1) is 6.54 Å². The van der Waals surface area contributed by atoms with Gasteiger partial charge in [0.15, 0.2) is 0 Å². The zero-order valence-corrected chi connectivity index (χ0v) is 22.1. The average molecular weight is 522 g/mol. The van der Waals surface area contributed by atoms with Crippen LogP contribution >= 0.6 is 11.6 Å². The first-order chi connectivity index (χ1) is 18.1. The van der Waals surface area contributed by atoms with Crippen molar-refractivity contribution in [3.05, 3.63) is 70.6 Å². The van der Waals surface area contributed by atoms with Crippen LogP contribution in [0.1, 0.15) is 55.5 Å². The monoisotopic (exact) mass is 521 g/mol. The Bertz CT molecular complexity index is 1150. The van der Waals surface area contributed by atoms with Gasteiger partial charge in [-0.1, -0.05) is 66.0 Å². The van der Waals surface area contributed by atoms with E-state index in [2.05, 4.69) is 49.5 Å². The number of carbonyl (C=O) groups is 1. The fraction of sp³-hybridized carbons (Fsp3) is 0.483. The smallest absolute Gasteiger partial charge is 0.241 e. The number of carbonyl (C=O) groups excluding carboxylic acids is 1. The highest BCUT2D eigenvalue weighted by molar-refractivity contribution is 6.30. The molecule has 2 aromatic carbocycles. The van der Waals surface area contributed by atoms with Crippen molar-refractivity contribution in [1.82, 2.24) is 25.3 Å². The lowest BCUT2D eigenvalue weighted by atomic mass is 9.96. The molecule has 37 heavy (non-hydrogen) atoms. The normalized spacial score (nSPS) is 18.0. The van der Waals surface area contributed by atoms with Crippen LogP contribution in [-0.2, 0) is 24.4 Å². The second-order valence-corrected chi connectivity index (χ2v) is 10.7. The summed E-state index contributed by atoms with van der Waals surface area (Å²) in [7, 11) is 0. The molecule has 196 valence electrons. The van der Waals surface area contributed by atoms with Crippen LogP contribution in [0.5, 0.6) is 0 Å². The summed E-state index contributed by atoms with van der Waals surface area (Å²) in [5.41, 5.74) is 3.34. The summed E-state index contributed by atoms with van der Waals surface area (Å²) >= 11 is 6.07. The maximum absolute atomic E-state index is 12.8. The van der Waals surface area contributed by atoms with E-state index in [-0.39, 0.29) is 11.8 Å². The van der Waals surface area contributed by atoms with Crippen molar-refractivity contribution in [2.24, 2.45) is 5.92 Å². The van der Waals surface area contributed by atoms with Gasteiger partial charge in [0.25, 0.3) is 0 Å². The molecule has 0 radical (unpaired) electrons. The molecule has 5 rings (SSSR count). The molecule has 3 aromatic rings. The standard InChI is InChI=1S/C29H36ClN5O2/c30-26-7-5-6-25(18-26)28-32-27(37-33-28)21-35-16-12-24(13-17-35)29(36)31-19-22-8-10-23(11-9-22)20-34-14-3-1-2-4-15-34/h5-11,18,24H,1-4,12-17,19-21H2,(H,31,36). The molecular weight excluding hydrogens is 486 g/mol. The molecule has 0 atom stereocenters. The minimum atomic E-state index is 0.0447. The number of likely N-dealkylation sites (tertiary alicyclic amines) is 2. The number of hydrogen-bond donors (Lipinski definition) is 1. The molecule has 0 aliphatic carbocycles. The van der Waals surface area contributed by atoms with E-state index >= 15 is 0 Å². The number of halogens is 1. The molecule has 0 bridgehead atoms. The Morgan fingerprint density at radius 2 is 1.62 bits per heavy atom. The van der Waals surface area contributed by atoms with E-state index in [0.29, 0.717) is 29.8 Å². The highest BCUT2D eigenvalue weighted by Gasteiger charge is 2.26. The van der Waals surface area contributed by atoms with Gasteiger partial charge >= 0.3 is 0 Å². The van der Waals surface area contributed by atoms with Crippen LogP contribution in [0.2, 0.25) is 5.02 Å². The fourth-order valence-electron chi connectivity index (χ4n) is 5.26. The quantitative estimate of drug-likeness (QED) is 0.434. The van der Waals surface area contributed by atoms with Gasteiger partial charge in [0, 0.05) is 29.6 Å². The summed E-state index contributed by atoms with van der Waals surface area (Å²) in [5.74, 6) is 1.32. The van der Waals surface area contributed by atoms with Crippen molar-refractivity contribution in [3.8, 4) is 11.4 Å². The van der Waals surface area contributed by atoms with Gasteiger partial charge in [0.1, 0.15) is 0 Å². The van der Waals surface area contributed by atoms with E-state index in [1.807, 2.05) is 24.3 Å². The minimum Gasteiger partial charge on any atom is -0.352 e. The highest BCUT2D eigenvalue weighted by Crippen LogP contribution is 2.22. The van der Waals surface area contributed by atoms with Crippen LogP contribution in [0.3, 0.4) is 0 Å². The van der Waals surface area contributed by atoms with Gasteiger partial charge in [-0.05, 0) is 75.1 Å². The number of hydrogen-bond acceptors (Lipinski definition) is 6. The van der Waals surface area contributed by atoms with Crippen molar-refractivity contribution in [2.75, 3.05) is 26.2 Å². The van der Waals surface area contributed by atoms with Gasteiger partial charge in [0.2, 0.25) is 17.6 Å². The molecule has 0 unspecified atom stereocenters. The SMILES string of the molecule is O=C(NCc1ccc(CN2CCCCCC2)cc1)C1CCN(Cc2nc(-c3cccc(Cl)c3)no2)CC1. The average Bonchev–Trinajstić information content (AvgIpc) is 3.23. The topological polar surface area (TPSA) is 74.5 Å². The number of rotatable bonds is 8. The molecule has 0 saturated carbocycles. The third kappa shape index (κ3) is 7.40. The molecule has 2 aliphatic rings. The van der Waals surface area contributed by atoms with Crippen LogP contribution in [0, 0.1) is 5.92 Å². The van der Waals surface area contributed by atoms with E-state index in [1.165, 1.54) is 44.3 Å². The lowest BCUT2D eigenvalue weighted by Gasteiger charge is -2.30. The van der Waals surface area contributed by atoms with Crippen molar-refractivity contribution in [3.63, 3.8) is 0 Å². The number of amides is 1. The Hall–Kier alpha value is -2.74. The molecule has 7 nitrogen and oxygen atoms in total. The van der Waals surface area contributed by atoms with Crippen molar-refractivity contribution in [2.45, 2.75) is 58.2 Å². The van der Waals surface area contributed by atoms with Gasteiger partial charge in [-0.3, -0.25) is 14.6 Å². The van der Waals surface area contributed by atoms with Crippen LogP contribution in [0.15, 0.2) is 53.1 Å². The van der Waals surface area contributed by atoms with E-state index in [4.69, 9.17) is 16.1 Å². The van der Waals surface area contributed by atoms with Gasteiger partial charge in [-0.2, -0.15) is 4.98 Å². The number of benzene rings is 2. The summed E-state index contributed by atoms with van der Waals surface area (Å²) in [6, 6.07) is 16.1. The van der Waals surface area contributed by atoms with Gasteiger partial charge in [-0.15, -0.1) is 0 Å².